The normalized spacial score (nSPS) is 17.1. The van der Waals surface area contributed by atoms with Crippen molar-refractivity contribution in [1.29, 1.82) is 0 Å². The summed E-state index contributed by atoms with van der Waals surface area (Å²) in [6, 6.07) is 0. The van der Waals surface area contributed by atoms with Gasteiger partial charge in [0.1, 0.15) is 5.82 Å². The maximum atomic E-state index is 8.76. The summed E-state index contributed by atoms with van der Waals surface area (Å²) in [5, 5.41) is 19.3. The molecule has 0 bridgehead atoms. The van der Waals surface area contributed by atoms with Crippen LogP contribution in [0.1, 0.15) is 31.5 Å². The van der Waals surface area contributed by atoms with E-state index >= 15 is 0 Å². The number of aliphatic hydroxyl groups is 1. The number of unbranched alkanes of at least 4 members (excludes halogenated alkanes) is 1. The fraction of sp³-hybridized carbons (Fsp3) is 0.846. The molecule has 0 amide bonds. The van der Waals surface area contributed by atoms with Crippen molar-refractivity contribution in [3.05, 3.63) is 5.82 Å². The van der Waals surface area contributed by atoms with Gasteiger partial charge in [-0.3, -0.25) is 5.10 Å². The molecule has 2 rings (SSSR count). The molecule has 6 heteroatoms. The van der Waals surface area contributed by atoms with Crippen LogP contribution in [-0.2, 0) is 6.42 Å². The Morgan fingerprint density at radius 3 is 2.84 bits per heavy atom. The summed E-state index contributed by atoms with van der Waals surface area (Å²) in [5.74, 6) is 2.55. The number of aromatic amines is 1. The molecule has 1 aliphatic heterocycles. The van der Waals surface area contributed by atoms with Gasteiger partial charge in [0.15, 0.2) is 0 Å². The second-order valence-electron chi connectivity index (χ2n) is 5.25. The topological polar surface area (TPSA) is 77.1 Å². The van der Waals surface area contributed by atoms with Gasteiger partial charge in [0, 0.05) is 26.1 Å². The zero-order valence-corrected chi connectivity index (χ0v) is 11.7. The number of rotatable bonds is 7. The van der Waals surface area contributed by atoms with Gasteiger partial charge in [0.2, 0.25) is 5.95 Å². The molecule has 108 valence electrons. The van der Waals surface area contributed by atoms with E-state index in [4.69, 9.17) is 5.11 Å². The second kappa shape index (κ2) is 7.45. The Bertz CT molecular complexity index is 360. The molecule has 1 aromatic rings. The fourth-order valence-corrected chi connectivity index (χ4v) is 2.57. The van der Waals surface area contributed by atoms with Gasteiger partial charge in [-0.05, 0) is 45.2 Å². The summed E-state index contributed by atoms with van der Waals surface area (Å²) < 4.78 is 0. The number of aryl methyl sites for hydroxylation is 1. The Morgan fingerprint density at radius 1 is 1.37 bits per heavy atom. The molecule has 0 aromatic carbocycles. The minimum Gasteiger partial charge on any atom is -0.396 e. The highest BCUT2D eigenvalue weighted by Gasteiger charge is 2.21. The number of H-pyrrole nitrogens is 1. The van der Waals surface area contributed by atoms with Crippen LogP contribution in [0.15, 0.2) is 0 Å². The van der Waals surface area contributed by atoms with E-state index in [1.165, 1.54) is 12.8 Å². The van der Waals surface area contributed by atoms with Crippen molar-refractivity contribution in [2.45, 2.75) is 32.1 Å². The van der Waals surface area contributed by atoms with Gasteiger partial charge < -0.3 is 15.3 Å². The smallest absolute Gasteiger partial charge is 0.244 e. The van der Waals surface area contributed by atoms with Crippen LogP contribution in [0, 0.1) is 5.92 Å². The molecule has 19 heavy (non-hydrogen) atoms. The van der Waals surface area contributed by atoms with Gasteiger partial charge in [0.05, 0.1) is 0 Å². The van der Waals surface area contributed by atoms with E-state index in [1.54, 1.807) is 0 Å². The molecule has 0 aliphatic carbocycles. The zero-order valence-electron chi connectivity index (χ0n) is 11.7. The highest BCUT2D eigenvalue weighted by molar-refractivity contribution is 5.29. The Labute approximate surface area is 114 Å². The molecule has 0 atom stereocenters. The minimum atomic E-state index is 0.250. The number of piperidine rings is 1. The Morgan fingerprint density at radius 2 is 2.16 bits per heavy atom. The van der Waals surface area contributed by atoms with E-state index in [0.29, 0.717) is 0 Å². The van der Waals surface area contributed by atoms with Gasteiger partial charge in [-0.1, -0.05) is 0 Å². The van der Waals surface area contributed by atoms with E-state index in [0.717, 1.165) is 56.6 Å². The average Bonchev–Trinajstić information content (AvgIpc) is 2.89. The van der Waals surface area contributed by atoms with Crippen LogP contribution in [0.3, 0.4) is 0 Å². The van der Waals surface area contributed by atoms with Crippen LogP contribution >= 0.6 is 0 Å². The lowest BCUT2D eigenvalue weighted by Gasteiger charge is -2.30. The third-order valence-corrected chi connectivity index (χ3v) is 3.73. The minimum absolute atomic E-state index is 0.250. The predicted octanol–water partition coefficient (Wildman–Crippen LogP) is 0.555. The number of hydrogen-bond acceptors (Lipinski definition) is 5. The molecule has 1 aromatic heterocycles. The Hall–Kier alpha value is -1.14. The number of aromatic nitrogens is 3. The molecule has 2 heterocycles. The van der Waals surface area contributed by atoms with Gasteiger partial charge in [-0.2, -0.15) is 4.98 Å². The van der Waals surface area contributed by atoms with Crippen molar-refractivity contribution in [2.75, 3.05) is 38.2 Å². The first kappa shape index (κ1) is 14.3. The van der Waals surface area contributed by atoms with Crippen LogP contribution in [0.25, 0.3) is 0 Å². The van der Waals surface area contributed by atoms with Crippen LogP contribution in [-0.4, -0.2) is 53.6 Å². The first-order valence-electron chi connectivity index (χ1n) is 7.25. The van der Waals surface area contributed by atoms with Crippen molar-refractivity contribution >= 4 is 5.95 Å². The second-order valence-corrected chi connectivity index (χ2v) is 5.25. The van der Waals surface area contributed by atoms with E-state index in [1.807, 2.05) is 7.05 Å². The molecular formula is C13H25N5O. The van der Waals surface area contributed by atoms with Crippen molar-refractivity contribution in [1.82, 2.24) is 20.5 Å². The molecule has 1 saturated heterocycles. The predicted molar refractivity (Wildman–Crippen MR) is 75.3 cm³/mol. The van der Waals surface area contributed by atoms with Crippen LogP contribution in [0.2, 0.25) is 0 Å². The fourth-order valence-electron chi connectivity index (χ4n) is 2.57. The SMILES string of the molecule is CNCC1CCN(c2n[nH]c(CCCCO)n2)CC1. The van der Waals surface area contributed by atoms with Gasteiger partial charge >= 0.3 is 0 Å². The largest absolute Gasteiger partial charge is 0.396 e. The molecule has 1 fully saturated rings. The lowest BCUT2D eigenvalue weighted by molar-refractivity contribution is 0.284. The number of hydrogen-bond donors (Lipinski definition) is 3. The summed E-state index contributed by atoms with van der Waals surface area (Å²) in [6.07, 6.45) is 5.05. The maximum Gasteiger partial charge on any atom is 0.244 e. The standard InChI is InChI=1S/C13H25N5O/c1-14-10-11-5-7-18(8-6-11)13-15-12(16-17-13)4-2-3-9-19/h11,14,19H,2-10H2,1H3,(H,15,16,17). The van der Waals surface area contributed by atoms with E-state index in [-0.39, 0.29) is 6.61 Å². The van der Waals surface area contributed by atoms with E-state index in [9.17, 15) is 0 Å². The van der Waals surface area contributed by atoms with E-state index < -0.39 is 0 Å². The van der Waals surface area contributed by atoms with Crippen molar-refractivity contribution in [3.8, 4) is 0 Å². The van der Waals surface area contributed by atoms with Crippen molar-refractivity contribution < 1.29 is 5.11 Å². The number of anilines is 1. The highest BCUT2D eigenvalue weighted by atomic mass is 16.2. The first-order chi connectivity index (χ1) is 9.33. The lowest BCUT2D eigenvalue weighted by atomic mass is 9.97. The third-order valence-electron chi connectivity index (χ3n) is 3.73. The number of nitrogens with one attached hydrogen (secondary N) is 2. The quantitative estimate of drug-likeness (QED) is 0.629. The van der Waals surface area contributed by atoms with Crippen LogP contribution < -0.4 is 10.2 Å². The highest BCUT2D eigenvalue weighted by Crippen LogP contribution is 2.20. The Balaban J connectivity index is 1.79. The van der Waals surface area contributed by atoms with Crippen LogP contribution in [0.5, 0.6) is 0 Å². The summed E-state index contributed by atoms with van der Waals surface area (Å²) in [4.78, 5) is 6.80. The summed E-state index contributed by atoms with van der Waals surface area (Å²) in [7, 11) is 2.01. The molecular weight excluding hydrogens is 242 g/mol. The molecule has 0 unspecified atom stereocenters. The van der Waals surface area contributed by atoms with Crippen molar-refractivity contribution in [2.24, 2.45) is 5.92 Å². The monoisotopic (exact) mass is 267 g/mol. The summed E-state index contributed by atoms with van der Waals surface area (Å²) >= 11 is 0. The number of nitrogens with zero attached hydrogens (tertiary/aromatic N) is 3. The molecule has 0 radical (unpaired) electrons. The molecule has 6 nitrogen and oxygen atoms in total. The van der Waals surface area contributed by atoms with Gasteiger partial charge in [-0.15, -0.1) is 5.10 Å². The molecule has 1 aliphatic rings. The molecule has 3 N–H and O–H groups in total. The average molecular weight is 267 g/mol. The zero-order chi connectivity index (χ0) is 13.5. The first-order valence-corrected chi connectivity index (χ1v) is 7.25. The molecule has 0 saturated carbocycles. The summed E-state index contributed by atoms with van der Waals surface area (Å²) in [5.41, 5.74) is 0. The lowest BCUT2D eigenvalue weighted by Crippen LogP contribution is -2.37. The maximum absolute atomic E-state index is 8.76. The van der Waals surface area contributed by atoms with E-state index in [2.05, 4.69) is 25.4 Å². The van der Waals surface area contributed by atoms with Gasteiger partial charge in [0.25, 0.3) is 0 Å². The Kier molecular flexibility index (Phi) is 5.60. The molecule has 0 spiro atoms. The summed E-state index contributed by atoms with van der Waals surface area (Å²) in [6.45, 7) is 3.44. The van der Waals surface area contributed by atoms with Gasteiger partial charge in [-0.25, -0.2) is 0 Å². The van der Waals surface area contributed by atoms with Crippen molar-refractivity contribution in [3.63, 3.8) is 0 Å². The number of aliphatic hydroxyl groups excluding tert-OH is 1. The third kappa shape index (κ3) is 4.18. The van der Waals surface area contributed by atoms with Crippen LogP contribution in [0.4, 0.5) is 5.95 Å².